The summed E-state index contributed by atoms with van der Waals surface area (Å²) in [4.78, 5) is 27.5. The molecule has 0 aliphatic carbocycles. The highest BCUT2D eigenvalue weighted by atomic mass is 32.2. The number of hydrogen-bond donors (Lipinski definition) is 2. The van der Waals surface area contributed by atoms with E-state index in [1.165, 1.54) is 10.8 Å². The van der Waals surface area contributed by atoms with Gasteiger partial charge < -0.3 is 24.4 Å². The Morgan fingerprint density at radius 3 is 2.70 bits per heavy atom. The van der Waals surface area contributed by atoms with E-state index >= 15 is 0 Å². The third-order valence-electron chi connectivity index (χ3n) is 7.47. The van der Waals surface area contributed by atoms with Gasteiger partial charge in [-0.05, 0) is 69.6 Å². The molecule has 13 heteroatoms. The number of ether oxygens (including phenoxy) is 1. The second-order valence-corrected chi connectivity index (χ2v) is 13.2. The van der Waals surface area contributed by atoms with Crippen LogP contribution in [0.25, 0.3) is 22.4 Å². The largest absolute Gasteiger partial charge is 0.489 e. The molecule has 224 valence electrons. The molecule has 0 spiro atoms. The van der Waals surface area contributed by atoms with E-state index in [1.54, 1.807) is 56.2 Å². The van der Waals surface area contributed by atoms with Gasteiger partial charge in [0.25, 0.3) is 5.56 Å². The number of furan rings is 1. The van der Waals surface area contributed by atoms with E-state index in [0.717, 1.165) is 37.4 Å². The van der Waals surface area contributed by atoms with Crippen molar-refractivity contribution in [1.29, 1.82) is 0 Å². The summed E-state index contributed by atoms with van der Waals surface area (Å²) in [5.74, 6) is 1.52. The monoisotopic (exact) mass is 603 g/mol. The lowest BCUT2D eigenvalue weighted by molar-refractivity contribution is 0.167. The van der Waals surface area contributed by atoms with Gasteiger partial charge in [-0.1, -0.05) is 0 Å². The second kappa shape index (κ2) is 11.7. The first-order valence-corrected chi connectivity index (χ1v) is 15.7. The van der Waals surface area contributed by atoms with E-state index in [-0.39, 0.29) is 29.2 Å². The quantitative estimate of drug-likeness (QED) is 0.254. The van der Waals surface area contributed by atoms with Gasteiger partial charge in [0, 0.05) is 48.8 Å². The summed E-state index contributed by atoms with van der Waals surface area (Å²) in [6.07, 6.45) is 8.56. The summed E-state index contributed by atoms with van der Waals surface area (Å²) in [7, 11) is -1.93. The number of pyridine rings is 1. The Bertz CT molecular complexity index is 1920. The predicted octanol–water partition coefficient (Wildman–Crippen LogP) is 3.89. The van der Waals surface area contributed by atoms with Gasteiger partial charge in [0.2, 0.25) is 20.9 Å². The highest BCUT2D eigenvalue weighted by molar-refractivity contribution is 7.91. The number of sulfone groups is 1. The summed E-state index contributed by atoms with van der Waals surface area (Å²) in [6, 6.07) is 10.8. The van der Waals surface area contributed by atoms with Gasteiger partial charge in [-0.25, -0.2) is 18.4 Å². The summed E-state index contributed by atoms with van der Waals surface area (Å²) >= 11 is 0. The first-order chi connectivity index (χ1) is 20.7. The van der Waals surface area contributed by atoms with E-state index < -0.39 is 15.1 Å². The number of fused-ring (bicyclic) bond motifs is 1. The maximum atomic E-state index is 14.0. The molecule has 0 radical (unpaired) electrons. The molecule has 6 rings (SSSR count). The zero-order chi connectivity index (χ0) is 30.1. The van der Waals surface area contributed by atoms with Crippen molar-refractivity contribution in [2.24, 2.45) is 7.05 Å². The second-order valence-electron chi connectivity index (χ2n) is 10.8. The van der Waals surface area contributed by atoms with Crippen LogP contribution in [0.1, 0.15) is 32.3 Å². The van der Waals surface area contributed by atoms with E-state index in [9.17, 15) is 13.2 Å². The number of anilines is 2. The lowest BCUT2D eigenvalue weighted by atomic mass is 10.1. The third kappa shape index (κ3) is 5.77. The first-order valence-electron chi connectivity index (χ1n) is 14.1. The smallest absolute Gasteiger partial charge is 0.263 e. The number of rotatable bonds is 9. The number of hydrogen-bond acceptors (Lipinski definition) is 10. The Labute approximate surface area is 248 Å². The van der Waals surface area contributed by atoms with Crippen molar-refractivity contribution in [3.8, 4) is 17.1 Å². The molecule has 1 fully saturated rings. The summed E-state index contributed by atoms with van der Waals surface area (Å²) in [6.45, 7) is 4.94. The lowest BCUT2D eigenvalue weighted by Crippen LogP contribution is -2.37. The number of nitrogens with zero attached hydrogens (tertiary/aromatic N) is 5. The fourth-order valence-electron chi connectivity index (χ4n) is 5.08. The highest BCUT2D eigenvalue weighted by Gasteiger charge is 2.27. The molecule has 5 heterocycles. The van der Waals surface area contributed by atoms with Gasteiger partial charge >= 0.3 is 0 Å². The molecule has 2 N–H and O–H groups in total. The molecular weight excluding hydrogens is 570 g/mol. The van der Waals surface area contributed by atoms with Gasteiger partial charge in [-0.2, -0.15) is 4.98 Å². The predicted molar refractivity (Wildman–Crippen MR) is 162 cm³/mol. The minimum Gasteiger partial charge on any atom is -0.489 e. The Morgan fingerprint density at radius 2 is 2.00 bits per heavy atom. The molecule has 1 aliphatic rings. The topological polar surface area (TPSA) is 146 Å². The van der Waals surface area contributed by atoms with E-state index in [2.05, 4.69) is 20.6 Å². The molecule has 4 aromatic heterocycles. The summed E-state index contributed by atoms with van der Waals surface area (Å²) < 4.78 is 40.7. The molecule has 1 unspecified atom stereocenters. The van der Waals surface area contributed by atoms with Crippen LogP contribution in [0.5, 0.6) is 5.75 Å². The van der Waals surface area contributed by atoms with Gasteiger partial charge in [0.05, 0.1) is 23.6 Å². The number of piperidine rings is 1. The van der Waals surface area contributed by atoms with Crippen LogP contribution in [0, 0.1) is 0 Å². The molecule has 43 heavy (non-hydrogen) atoms. The number of imidazole rings is 1. The van der Waals surface area contributed by atoms with Crippen molar-refractivity contribution in [3.63, 3.8) is 0 Å². The average molecular weight is 604 g/mol. The number of aryl methyl sites for hydroxylation is 1. The SMILES string of the molecule is CC(C)S(=O)(=O)c1occc1Cn1c(=O)c(-c2nccn2C)cc2cnc(Nc3ccc(OC4CCCNC4)cc3)nc21. The minimum absolute atomic E-state index is 0.0795. The minimum atomic E-state index is -3.73. The molecule has 0 saturated carbocycles. The zero-order valence-electron chi connectivity index (χ0n) is 24.1. The Balaban J connectivity index is 1.37. The van der Waals surface area contributed by atoms with Crippen LogP contribution in [0.2, 0.25) is 0 Å². The van der Waals surface area contributed by atoms with Crippen molar-refractivity contribution >= 4 is 32.5 Å². The molecular formula is C30H33N7O5S. The van der Waals surface area contributed by atoms with Crippen LogP contribution in [0.15, 0.2) is 75.6 Å². The van der Waals surface area contributed by atoms with E-state index in [4.69, 9.17) is 14.1 Å². The summed E-state index contributed by atoms with van der Waals surface area (Å²) in [5, 5.41) is 6.27. The molecule has 12 nitrogen and oxygen atoms in total. The molecule has 1 atom stereocenters. The van der Waals surface area contributed by atoms with Gasteiger partial charge in [0.1, 0.15) is 23.3 Å². The van der Waals surface area contributed by atoms with Crippen molar-refractivity contribution in [1.82, 2.24) is 29.4 Å². The molecule has 5 aromatic rings. The molecule has 0 bridgehead atoms. The van der Waals surface area contributed by atoms with Crippen LogP contribution in [-0.4, -0.2) is 56.9 Å². The standard InChI is InChI=1S/C30H33N7O5S/c1-19(2)43(39,40)29-20(10-14-41-29)18-37-26-21(15-25(28(37)38)27-32-12-13-36(27)3)16-33-30(35-26)34-22-6-8-23(9-7-22)42-24-5-4-11-31-17-24/h6-10,12-16,19,24,31H,4-5,11,17-18H2,1-3H3,(H,33,34,35). The fraction of sp³-hybridized carbons (Fsp3) is 0.333. The van der Waals surface area contributed by atoms with E-state index in [1.807, 2.05) is 24.3 Å². The molecule has 1 saturated heterocycles. The van der Waals surface area contributed by atoms with Crippen LogP contribution in [0.3, 0.4) is 0 Å². The fourth-order valence-corrected chi connectivity index (χ4v) is 6.20. The Kier molecular flexibility index (Phi) is 7.75. The third-order valence-corrected chi connectivity index (χ3v) is 9.58. The first kappa shape index (κ1) is 28.6. The number of benzene rings is 1. The lowest BCUT2D eigenvalue weighted by Gasteiger charge is -2.24. The Morgan fingerprint density at radius 1 is 1.19 bits per heavy atom. The van der Waals surface area contributed by atoms with Crippen LogP contribution >= 0.6 is 0 Å². The van der Waals surface area contributed by atoms with Crippen LogP contribution in [-0.2, 0) is 23.4 Å². The van der Waals surface area contributed by atoms with Gasteiger partial charge in [-0.15, -0.1) is 0 Å². The van der Waals surface area contributed by atoms with Crippen LogP contribution in [0.4, 0.5) is 11.6 Å². The molecule has 1 aromatic carbocycles. The van der Waals surface area contributed by atoms with Gasteiger partial charge in [-0.3, -0.25) is 9.36 Å². The highest BCUT2D eigenvalue weighted by Crippen LogP contribution is 2.26. The zero-order valence-corrected chi connectivity index (χ0v) is 25.0. The van der Waals surface area contributed by atoms with Crippen molar-refractivity contribution in [2.45, 2.75) is 49.7 Å². The normalized spacial score (nSPS) is 15.7. The van der Waals surface area contributed by atoms with Crippen molar-refractivity contribution < 1.29 is 17.6 Å². The number of aromatic nitrogens is 5. The summed E-state index contributed by atoms with van der Waals surface area (Å²) in [5.41, 5.74) is 1.39. The van der Waals surface area contributed by atoms with Crippen molar-refractivity contribution in [2.75, 3.05) is 18.4 Å². The molecule has 1 aliphatic heterocycles. The maximum absolute atomic E-state index is 14.0. The number of nitrogens with one attached hydrogen (secondary N) is 2. The van der Waals surface area contributed by atoms with Crippen LogP contribution < -0.4 is 20.9 Å². The van der Waals surface area contributed by atoms with Gasteiger partial charge in [0.15, 0.2) is 0 Å². The maximum Gasteiger partial charge on any atom is 0.263 e. The van der Waals surface area contributed by atoms with E-state index in [0.29, 0.717) is 28.0 Å². The Hall–Kier alpha value is -4.49. The van der Waals surface area contributed by atoms with Crippen molar-refractivity contribution in [3.05, 3.63) is 77.2 Å². The average Bonchev–Trinajstić information content (AvgIpc) is 3.65. The molecule has 0 amide bonds.